The number of fused-ring (bicyclic) bond motifs is 1. The van der Waals surface area contributed by atoms with Crippen LogP contribution in [0.15, 0.2) is 58.2 Å². The van der Waals surface area contributed by atoms with Crippen LogP contribution in [0.3, 0.4) is 0 Å². The average Bonchev–Trinajstić information content (AvgIpc) is 3.48. The number of para-hydroxylation sites is 1. The Hall–Kier alpha value is -4.27. The Morgan fingerprint density at radius 2 is 1.84 bits per heavy atom. The number of nitrogens with one attached hydrogen (secondary N) is 1. The number of sulfonamides is 1. The summed E-state index contributed by atoms with van der Waals surface area (Å²) in [5, 5.41) is 8.27. The number of alkyl halides is 3. The summed E-state index contributed by atoms with van der Waals surface area (Å²) in [7, 11) is -0.291. The lowest BCUT2D eigenvalue weighted by atomic mass is 10.1. The molecule has 38 heavy (non-hydrogen) atoms. The molecule has 202 valence electrons. The van der Waals surface area contributed by atoms with Crippen molar-refractivity contribution >= 4 is 32.7 Å². The lowest BCUT2D eigenvalue weighted by molar-refractivity contribution is -0.184. The van der Waals surface area contributed by atoms with Gasteiger partial charge in [-0.2, -0.15) is 18.3 Å². The van der Waals surface area contributed by atoms with E-state index in [-0.39, 0.29) is 46.3 Å². The molecule has 0 radical (unpaired) electrons. The number of ether oxygens (including phenoxy) is 2. The van der Waals surface area contributed by atoms with Crippen molar-refractivity contribution in [2.45, 2.75) is 24.2 Å². The molecule has 0 spiro atoms. The number of nitrogens with zero attached hydrogens (tertiary/aromatic N) is 4. The molecule has 0 bridgehead atoms. The van der Waals surface area contributed by atoms with Crippen LogP contribution in [0.25, 0.3) is 11.0 Å². The third-order valence-corrected chi connectivity index (χ3v) is 6.83. The van der Waals surface area contributed by atoms with Crippen LogP contribution in [-0.4, -0.2) is 61.6 Å². The summed E-state index contributed by atoms with van der Waals surface area (Å²) >= 11 is 0. The molecule has 11 nitrogen and oxygen atoms in total. The van der Waals surface area contributed by atoms with Gasteiger partial charge in [-0.15, -0.1) is 0 Å². The maximum Gasteiger partial charge on any atom is 0.471 e. The monoisotopic (exact) mass is 553 g/mol. The average molecular weight is 554 g/mol. The molecular weight excluding hydrogens is 531 g/mol. The molecule has 0 saturated heterocycles. The molecule has 2 heterocycles. The minimum absolute atomic E-state index is 0.0898. The summed E-state index contributed by atoms with van der Waals surface area (Å²) in [6, 6.07) is 9.31. The molecule has 2 aromatic heterocycles. The Morgan fingerprint density at radius 3 is 2.53 bits per heavy atom. The number of aromatic nitrogens is 3. The van der Waals surface area contributed by atoms with Crippen LogP contribution in [0.4, 0.5) is 19.0 Å². The Bertz CT molecular complexity index is 1580. The highest BCUT2D eigenvalue weighted by atomic mass is 32.2. The fraction of sp³-hybridized carbons (Fsp3) is 0.261. The number of hydrogen-bond donors (Lipinski definition) is 1. The first-order valence-corrected chi connectivity index (χ1v) is 12.4. The van der Waals surface area contributed by atoms with Crippen LogP contribution in [0.1, 0.15) is 11.1 Å². The lowest BCUT2D eigenvalue weighted by Gasteiger charge is -2.17. The number of carbonyl (C=O) groups is 1. The van der Waals surface area contributed by atoms with Crippen LogP contribution in [-0.2, 0) is 27.9 Å². The molecule has 15 heteroatoms. The van der Waals surface area contributed by atoms with Gasteiger partial charge in [0.05, 0.1) is 27.0 Å². The second-order valence-electron chi connectivity index (χ2n) is 8.16. The SMILES string of the molecule is COc1ccccc1S(=O)(=O)Nc1noc2cc(Cn3cc(CN(C)C(=O)C(F)(F)F)cn3)cc(OC)c12. The van der Waals surface area contributed by atoms with Gasteiger partial charge >= 0.3 is 12.1 Å². The molecule has 0 aliphatic carbocycles. The molecule has 0 atom stereocenters. The second kappa shape index (κ2) is 10.2. The summed E-state index contributed by atoms with van der Waals surface area (Å²) in [5.41, 5.74) is 1.24. The third-order valence-electron chi connectivity index (χ3n) is 5.45. The lowest BCUT2D eigenvalue weighted by Crippen LogP contribution is -2.37. The van der Waals surface area contributed by atoms with Gasteiger partial charge in [0.1, 0.15) is 21.8 Å². The standard InChI is InChI=1S/C23H22F3N5O6S/c1-30(22(32)23(24,25)26)11-15-10-27-31(13-15)12-14-8-17(36-3)20-18(9-14)37-28-21(20)29-38(33,34)19-7-5-4-6-16(19)35-2/h4-10,13H,11-12H2,1-3H3,(H,28,29). The molecule has 1 N–H and O–H groups in total. The van der Waals surface area contributed by atoms with Gasteiger partial charge in [-0.3, -0.25) is 14.2 Å². The van der Waals surface area contributed by atoms with Crippen molar-refractivity contribution in [3.8, 4) is 11.5 Å². The minimum Gasteiger partial charge on any atom is -0.496 e. The van der Waals surface area contributed by atoms with Crippen LogP contribution >= 0.6 is 0 Å². The zero-order valence-corrected chi connectivity index (χ0v) is 21.1. The van der Waals surface area contributed by atoms with Crippen molar-refractivity contribution in [2.75, 3.05) is 26.0 Å². The molecular formula is C23H22F3N5O6S. The van der Waals surface area contributed by atoms with E-state index in [1.807, 2.05) is 0 Å². The van der Waals surface area contributed by atoms with Crippen LogP contribution in [0.5, 0.6) is 11.5 Å². The van der Waals surface area contributed by atoms with Gasteiger partial charge < -0.3 is 18.9 Å². The van der Waals surface area contributed by atoms with Crippen LogP contribution < -0.4 is 14.2 Å². The number of rotatable bonds is 9. The van der Waals surface area contributed by atoms with Gasteiger partial charge in [-0.1, -0.05) is 17.3 Å². The summed E-state index contributed by atoms with van der Waals surface area (Å²) in [4.78, 5) is 11.8. The molecule has 2 aromatic carbocycles. The second-order valence-corrected chi connectivity index (χ2v) is 9.81. The fourth-order valence-corrected chi connectivity index (χ4v) is 4.94. The smallest absolute Gasteiger partial charge is 0.471 e. The van der Waals surface area contributed by atoms with Crippen molar-refractivity contribution in [1.82, 2.24) is 19.8 Å². The van der Waals surface area contributed by atoms with Crippen molar-refractivity contribution in [3.05, 3.63) is 59.9 Å². The van der Waals surface area contributed by atoms with Crippen LogP contribution in [0.2, 0.25) is 0 Å². The summed E-state index contributed by atoms with van der Waals surface area (Å²) in [6.07, 6.45) is -2.10. The van der Waals surface area contributed by atoms with E-state index in [9.17, 15) is 26.4 Å². The first-order valence-electron chi connectivity index (χ1n) is 10.9. The third kappa shape index (κ3) is 5.51. The number of methoxy groups -OCH3 is 2. The molecule has 0 saturated carbocycles. The highest BCUT2D eigenvalue weighted by Gasteiger charge is 2.41. The van der Waals surface area contributed by atoms with Crippen molar-refractivity contribution < 1.29 is 40.4 Å². The zero-order valence-electron chi connectivity index (χ0n) is 20.3. The zero-order chi connectivity index (χ0) is 27.7. The molecule has 4 aromatic rings. The van der Waals surface area contributed by atoms with Gasteiger partial charge in [0, 0.05) is 25.4 Å². The predicted molar refractivity (Wildman–Crippen MR) is 128 cm³/mol. The summed E-state index contributed by atoms with van der Waals surface area (Å²) < 4.78 is 83.7. The number of anilines is 1. The Kier molecular flexibility index (Phi) is 7.22. The van der Waals surface area contributed by atoms with E-state index in [0.717, 1.165) is 7.05 Å². The van der Waals surface area contributed by atoms with Crippen LogP contribution in [0, 0.1) is 0 Å². The Balaban J connectivity index is 1.57. The van der Waals surface area contributed by atoms with Gasteiger partial charge in [0.25, 0.3) is 10.0 Å². The number of hydrogen-bond acceptors (Lipinski definition) is 8. The maximum absolute atomic E-state index is 13.0. The number of amides is 1. The Morgan fingerprint density at radius 1 is 1.13 bits per heavy atom. The van der Waals surface area contributed by atoms with E-state index >= 15 is 0 Å². The molecule has 4 rings (SSSR count). The van der Waals surface area contributed by atoms with Crippen molar-refractivity contribution in [3.63, 3.8) is 0 Å². The number of benzene rings is 2. The Labute approximate surface area is 214 Å². The normalized spacial score (nSPS) is 11.9. The quantitative estimate of drug-likeness (QED) is 0.334. The first-order chi connectivity index (χ1) is 17.9. The fourth-order valence-electron chi connectivity index (χ4n) is 3.76. The van der Waals surface area contributed by atoms with Gasteiger partial charge in [0.2, 0.25) is 0 Å². The molecule has 0 aliphatic rings. The van der Waals surface area contributed by atoms with E-state index < -0.39 is 22.1 Å². The number of carbonyl (C=O) groups excluding carboxylic acids is 1. The summed E-state index contributed by atoms with van der Waals surface area (Å²) in [5.74, 6) is -1.63. The van der Waals surface area contributed by atoms with Crippen molar-refractivity contribution in [1.29, 1.82) is 0 Å². The first kappa shape index (κ1) is 26.8. The van der Waals surface area contributed by atoms with E-state index in [1.165, 1.54) is 43.4 Å². The van der Waals surface area contributed by atoms with Gasteiger partial charge in [-0.25, -0.2) is 8.42 Å². The maximum atomic E-state index is 13.0. The highest BCUT2D eigenvalue weighted by Crippen LogP contribution is 2.35. The molecule has 1 amide bonds. The van der Waals surface area contributed by atoms with E-state index in [0.29, 0.717) is 16.0 Å². The van der Waals surface area contributed by atoms with Gasteiger partial charge in [0.15, 0.2) is 11.4 Å². The number of halogens is 3. The van der Waals surface area contributed by atoms with E-state index in [1.54, 1.807) is 24.3 Å². The highest BCUT2D eigenvalue weighted by molar-refractivity contribution is 7.92. The van der Waals surface area contributed by atoms with Gasteiger partial charge in [-0.05, 0) is 29.8 Å². The van der Waals surface area contributed by atoms with Crippen molar-refractivity contribution in [2.24, 2.45) is 0 Å². The minimum atomic E-state index is -4.96. The van der Waals surface area contributed by atoms with E-state index in [4.69, 9.17) is 14.0 Å². The predicted octanol–water partition coefficient (Wildman–Crippen LogP) is 3.41. The molecule has 0 aliphatic heterocycles. The van der Waals surface area contributed by atoms with E-state index in [2.05, 4.69) is 15.0 Å². The molecule has 0 fully saturated rings. The largest absolute Gasteiger partial charge is 0.496 e. The topological polar surface area (TPSA) is 129 Å². The summed E-state index contributed by atoms with van der Waals surface area (Å²) in [6.45, 7) is -0.106. The molecule has 0 unspecified atom stereocenters.